The highest BCUT2D eigenvalue weighted by Crippen LogP contribution is 2.24. The Bertz CT molecular complexity index is 652. The third kappa shape index (κ3) is 5.07. The van der Waals surface area contributed by atoms with E-state index in [9.17, 15) is 19.5 Å². The SMILES string of the molecule is CC(C)(C)C(=O)N1CCCC(C(=O)NCC(C(=O)O)c2ccccc2)C1. The van der Waals surface area contributed by atoms with Crippen LogP contribution < -0.4 is 5.32 Å². The predicted molar refractivity (Wildman–Crippen MR) is 98.6 cm³/mol. The van der Waals surface area contributed by atoms with Gasteiger partial charge in [-0.05, 0) is 18.4 Å². The average molecular weight is 360 g/mol. The number of aliphatic carboxylic acids is 1. The maximum Gasteiger partial charge on any atom is 0.312 e. The molecule has 2 atom stereocenters. The highest BCUT2D eigenvalue weighted by atomic mass is 16.4. The molecule has 1 aromatic rings. The van der Waals surface area contributed by atoms with E-state index in [1.807, 2.05) is 26.8 Å². The number of carbonyl (C=O) groups is 3. The Hall–Kier alpha value is -2.37. The number of nitrogens with one attached hydrogen (secondary N) is 1. The van der Waals surface area contributed by atoms with Crippen molar-refractivity contribution >= 4 is 17.8 Å². The first kappa shape index (κ1) is 19.9. The summed E-state index contributed by atoms with van der Waals surface area (Å²) in [6, 6.07) is 8.88. The van der Waals surface area contributed by atoms with E-state index in [2.05, 4.69) is 5.32 Å². The number of benzene rings is 1. The van der Waals surface area contributed by atoms with Crippen LogP contribution in [0.5, 0.6) is 0 Å². The van der Waals surface area contributed by atoms with Crippen LogP contribution >= 0.6 is 0 Å². The topological polar surface area (TPSA) is 86.7 Å². The van der Waals surface area contributed by atoms with Crippen LogP contribution in [0.2, 0.25) is 0 Å². The van der Waals surface area contributed by atoms with Gasteiger partial charge < -0.3 is 15.3 Å². The van der Waals surface area contributed by atoms with E-state index in [0.717, 1.165) is 6.42 Å². The fourth-order valence-electron chi connectivity index (χ4n) is 3.23. The molecule has 1 aromatic carbocycles. The summed E-state index contributed by atoms with van der Waals surface area (Å²) in [7, 11) is 0. The van der Waals surface area contributed by atoms with Gasteiger partial charge >= 0.3 is 5.97 Å². The summed E-state index contributed by atoms with van der Waals surface area (Å²) in [6.07, 6.45) is 1.49. The van der Waals surface area contributed by atoms with Crippen molar-refractivity contribution < 1.29 is 19.5 Å². The molecule has 6 heteroatoms. The van der Waals surface area contributed by atoms with Gasteiger partial charge in [-0.3, -0.25) is 14.4 Å². The van der Waals surface area contributed by atoms with Gasteiger partial charge in [-0.25, -0.2) is 0 Å². The van der Waals surface area contributed by atoms with Crippen molar-refractivity contribution in [3.63, 3.8) is 0 Å². The number of hydrogen-bond donors (Lipinski definition) is 2. The number of carboxylic acid groups (broad SMARTS) is 1. The molecular weight excluding hydrogens is 332 g/mol. The molecule has 2 amide bonds. The van der Waals surface area contributed by atoms with Gasteiger partial charge in [-0.2, -0.15) is 0 Å². The predicted octanol–water partition coefficient (Wildman–Crippen LogP) is 2.26. The largest absolute Gasteiger partial charge is 0.481 e. The van der Waals surface area contributed by atoms with Crippen LogP contribution in [0.25, 0.3) is 0 Å². The molecule has 2 unspecified atom stereocenters. The van der Waals surface area contributed by atoms with Crippen LogP contribution in [0, 0.1) is 11.3 Å². The minimum Gasteiger partial charge on any atom is -0.481 e. The normalized spacial score (nSPS) is 18.9. The van der Waals surface area contributed by atoms with Crippen molar-refractivity contribution in [2.75, 3.05) is 19.6 Å². The highest BCUT2D eigenvalue weighted by Gasteiger charge is 2.33. The number of rotatable bonds is 5. The molecule has 1 aliphatic rings. The molecule has 1 aliphatic heterocycles. The number of nitrogens with zero attached hydrogens (tertiary/aromatic N) is 1. The summed E-state index contributed by atoms with van der Waals surface area (Å²) >= 11 is 0. The second kappa shape index (κ2) is 8.34. The zero-order valence-electron chi connectivity index (χ0n) is 15.7. The number of hydrogen-bond acceptors (Lipinski definition) is 3. The molecule has 6 nitrogen and oxygen atoms in total. The first-order valence-electron chi connectivity index (χ1n) is 9.05. The number of piperidine rings is 1. The molecule has 0 spiro atoms. The first-order chi connectivity index (χ1) is 12.2. The summed E-state index contributed by atoms with van der Waals surface area (Å²) in [5, 5.41) is 12.2. The van der Waals surface area contributed by atoms with E-state index in [1.54, 1.807) is 29.2 Å². The van der Waals surface area contributed by atoms with E-state index in [-0.39, 0.29) is 24.3 Å². The molecule has 0 saturated carbocycles. The Balaban J connectivity index is 1.96. The van der Waals surface area contributed by atoms with E-state index >= 15 is 0 Å². The van der Waals surface area contributed by atoms with Gasteiger partial charge in [0.15, 0.2) is 0 Å². The van der Waals surface area contributed by atoms with Crippen LogP contribution in [0.4, 0.5) is 0 Å². The Morgan fingerprint density at radius 3 is 2.46 bits per heavy atom. The van der Waals surface area contributed by atoms with Crippen LogP contribution in [0.15, 0.2) is 30.3 Å². The minimum absolute atomic E-state index is 0.0435. The van der Waals surface area contributed by atoms with E-state index < -0.39 is 17.3 Å². The van der Waals surface area contributed by atoms with Crippen molar-refractivity contribution in [3.05, 3.63) is 35.9 Å². The Kier molecular flexibility index (Phi) is 6.40. The van der Waals surface area contributed by atoms with E-state index in [4.69, 9.17) is 0 Å². The molecule has 1 heterocycles. The smallest absolute Gasteiger partial charge is 0.312 e. The van der Waals surface area contributed by atoms with Crippen LogP contribution in [0.3, 0.4) is 0 Å². The molecule has 0 aromatic heterocycles. The van der Waals surface area contributed by atoms with Crippen molar-refractivity contribution in [3.8, 4) is 0 Å². The summed E-state index contributed by atoms with van der Waals surface area (Å²) in [5.41, 5.74) is 0.188. The molecular formula is C20H28N2O4. The highest BCUT2D eigenvalue weighted by molar-refractivity contribution is 5.84. The van der Waals surface area contributed by atoms with Crippen LogP contribution in [-0.4, -0.2) is 47.4 Å². The van der Waals surface area contributed by atoms with Crippen LogP contribution in [0.1, 0.15) is 45.1 Å². The van der Waals surface area contributed by atoms with Gasteiger partial charge in [0, 0.05) is 25.0 Å². The van der Waals surface area contributed by atoms with Gasteiger partial charge in [0.2, 0.25) is 11.8 Å². The maximum atomic E-state index is 12.5. The summed E-state index contributed by atoms with van der Waals surface area (Å²) in [5.74, 6) is -2.18. The molecule has 0 aliphatic carbocycles. The summed E-state index contributed by atoms with van der Waals surface area (Å²) in [6.45, 7) is 6.72. The second-order valence-corrected chi connectivity index (χ2v) is 7.89. The van der Waals surface area contributed by atoms with Gasteiger partial charge in [0.25, 0.3) is 0 Å². The maximum absolute atomic E-state index is 12.5. The quantitative estimate of drug-likeness (QED) is 0.843. The number of amides is 2. The molecule has 0 bridgehead atoms. The number of carbonyl (C=O) groups excluding carboxylic acids is 2. The van der Waals surface area contributed by atoms with E-state index in [0.29, 0.717) is 25.1 Å². The van der Waals surface area contributed by atoms with Crippen molar-refractivity contribution in [1.82, 2.24) is 10.2 Å². The standard InChI is InChI=1S/C20H28N2O4/c1-20(2,3)19(26)22-11-7-10-15(13-22)17(23)21-12-16(18(24)25)14-8-5-4-6-9-14/h4-6,8-9,15-16H,7,10-13H2,1-3H3,(H,21,23)(H,24,25). The molecule has 2 rings (SSSR count). The molecule has 26 heavy (non-hydrogen) atoms. The molecule has 2 N–H and O–H groups in total. The minimum atomic E-state index is -0.968. The molecule has 0 radical (unpaired) electrons. The van der Waals surface area contributed by atoms with Crippen molar-refractivity contribution in [2.24, 2.45) is 11.3 Å². The lowest BCUT2D eigenvalue weighted by Gasteiger charge is -2.36. The van der Waals surface area contributed by atoms with Gasteiger partial charge in [-0.1, -0.05) is 51.1 Å². The second-order valence-electron chi connectivity index (χ2n) is 7.89. The lowest BCUT2D eigenvalue weighted by Crippen LogP contribution is -2.49. The van der Waals surface area contributed by atoms with E-state index in [1.165, 1.54) is 0 Å². The fraction of sp³-hybridized carbons (Fsp3) is 0.550. The van der Waals surface area contributed by atoms with Gasteiger partial charge in [-0.15, -0.1) is 0 Å². The molecule has 1 fully saturated rings. The zero-order chi connectivity index (χ0) is 19.3. The third-order valence-corrected chi connectivity index (χ3v) is 4.70. The zero-order valence-corrected chi connectivity index (χ0v) is 15.7. The lowest BCUT2D eigenvalue weighted by molar-refractivity contribution is -0.142. The first-order valence-corrected chi connectivity index (χ1v) is 9.05. The Morgan fingerprint density at radius 1 is 1.23 bits per heavy atom. The Labute approximate surface area is 154 Å². The summed E-state index contributed by atoms with van der Waals surface area (Å²) < 4.78 is 0. The average Bonchev–Trinajstić information content (AvgIpc) is 2.61. The number of carboxylic acids is 1. The lowest BCUT2D eigenvalue weighted by atomic mass is 9.90. The Morgan fingerprint density at radius 2 is 1.88 bits per heavy atom. The third-order valence-electron chi connectivity index (χ3n) is 4.70. The summed E-state index contributed by atoms with van der Waals surface area (Å²) in [4.78, 5) is 38.3. The molecule has 1 saturated heterocycles. The van der Waals surface area contributed by atoms with Crippen molar-refractivity contribution in [2.45, 2.75) is 39.5 Å². The number of likely N-dealkylation sites (tertiary alicyclic amines) is 1. The molecule has 142 valence electrons. The van der Waals surface area contributed by atoms with Crippen LogP contribution in [-0.2, 0) is 14.4 Å². The van der Waals surface area contributed by atoms with Gasteiger partial charge in [0.1, 0.15) is 0 Å². The van der Waals surface area contributed by atoms with Crippen molar-refractivity contribution in [1.29, 1.82) is 0 Å². The van der Waals surface area contributed by atoms with Gasteiger partial charge in [0.05, 0.1) is 11.8 Å². The monoisotopic (exact) mass is 360 g/mol. The fourth-order valence-corrected chi connectivity index (χ4v) is 3.23.